The summed E-state index contributed by atoms with van der Waals surface area (Å²) in [5.74, 6) is 0.209. The molecule has 1 fully saturated rings. The van der Waals surface area contributed by atoms with E-state index in [-0.39, 0.29) is 21.7 Å². The van der Waals surface area contributed by atoms with Crippen LogP contribution in [-0.4, -0.2) is 38.3 Å². The smallest absolute Gasteiger partial charge is 0.398 e. The number of nitrogens with zero attached hydrogens (tertiary/aromatic N) is 1. The molecule has 12 heteroatoms. The van der Waals surface area contributed by atoms with Crippen LogP contribution in [0.2, 0.25) is 10.0 Å². The van der Waals surface area contributed by atoms with Gasteiger partial charge in [0.1, 0.15) is 10.9 Å². The number of aromatic nitrogens is 1. The Labute approximate surface area is 205 Å². The lowest BCUT2D eigenvalue weighted by molar-refractivity contribution is -0.154. The third kappa shape index (κ3) is 5.16. The van der Waals surface area contributed by atoms with Crippen LogP contribution in [0, 0.1) is 0 Å². The second kappa shape index (κ2) is 9.58. The van der Waals surface area contributed by atoms with Gasteiger partial charge in [0.05, 0.1) is 10.7 Å². The standard InChI is InChI=1S/C22H23Cl2F3N4O2S/c23-14-9-17(24)21(18(28)10-14)34(32,33)30-20(22(25,26)27)12-31-11-16(13-5-7-29-8-6-13)15-3-1-2-4-19(15)31/h1-4,9-11,13,20,29-30H,5-8,12,28H2. The number of rotatable bonds is 6. The van der Waals surface area contributed by atoms with E-state index in [2.05, 4.69) is 5.32 Å². The average Bonchev–Trinajstić information content (AvgIpc) is 3.11. The second-order valence-corrected chi connectivity index (χ2v) is 10.8. The Hall–Kier alpha value is -1.98. The fourth-order valence-electron chi connectivity index (χ4n) is 4.40. The van der Waals surface area contributed by atoms with Crippen molar-refractivity contribution >= 4 is 49.8 Å². The highest BCUT2D eigenvalue weighted by molar-refractivity contribution is 7.89. The summed E-state index contributed by atoms with van der Waals surface area (Å²) in [7, 11) is -4.71. The van der Waals surface area contributed by atoms with Crippen molar-refractivity contribution in [2.75, 3.05) is 18.8 Å². The quantitative estimate of drug-likeness (QED) is 0.392. The van der Waals surface area contributed by atoms with Gasteiger partial charge in [-0.25, -0.2) is 8.42 Å². The maximum absolute atomic E-state index is 14.0. The molecule has 34 heavy (non-hydrogen) atoms. The zero-order valence-corrected chi connectivity index (χ0v) is 20.2. The molecule has 0 aliphatic carbocycles. The van der Waals surface area contributed by atoms with Gasteiger partial charge in [0, 0.05) is 28.7 Å². The molecule has 0 saturated carbocycles. The summed E-state index contributed by atoms with van der Waals surface area (Å²) in [6.07, 6.45) is -1.42. The van der Waals surface area contributed by atoms with Crippen LogP contribution >= 0.6 is 23.2 Å². The number of hydrogen-bond donors (Lipinski definition) is 3. The molecule has 6 nitrogen and oxygen atoms in total. The number of anilines is 1. The van der Waals surface area contributed by atoms with Crippen LogP contribution < -0.4 is 15.8 Å². The predicted molar refractivity (Wildman–Crippen MR) is 128 cm³/mol. The lowest BCUT2D eigenvalue weighted by Gasteiger charge is -2.24. The second-order valence-electron chi connectivity index (χ2n) is 8.30. The zero-order valence-electron chi connectivity index (χ0n) is 17.9. The highest BCUT2D eigenvalue weighted by Gasteiger charge is 2.43. The van der Waals surface area contributed by atoms with E-state index in [0.29, 0.717) is 5.52 Å². The first-order valence-corrected chi connectivity index (χ1v) is 12.8. The number of sulfonamides is 1. The predicted octanol–water partition coefficient (Wildman–Crippen LogP) is 4.91. The fraction of sp³-hybridized carbons (Fsp3) is 0.364. The molecule has 3 aromatic rings. The van der Waals surface area contributed by atoms with Crippen molar-refractivity contribution in [2.45, 2.75) is 42.4 Å². The van der Waals surface area contributed by atoms with Crippen LogP contribution in [-0.2, 0) is 16.6 Å². The first kappa shape index (κ1) is 25.1. The molecule has 1 aliphatic rings. The van der Waals surface area contributed by atoms with Crippen molar-refractivity contribution in [2.24, 2.45) is 0 Å². The minimum Gasteiger partial charge on any atom is -0.398 e. The Morgan fingerprint density at radius 2 is 1.85 bits per heavy atom. The molecule has 1 atom stereocenters. The summed E-state index contributed by atoms with van der Waals surface area (Å²) < 4.78 is 71.2. The summed E-state index contributed by atoms with van der Waals surface area (Å²) in [6, 6.07) is 7.01. The van der Waals surface area contributed by atoms with Gasteiger partial charge < -0.3 is 15.6 Å². The number of halogens is 5. The molecule has 2 aromatic carbocycles. The molecule has 0 spiro atoms. The summed E-state index contributed by atoms with van der Waals surface area (Å²) in [5.41, 5.74) is 6.95. The van der Waals surface area contributed by atoms with Gasteiger partial charge >= 0.3 is 6.18 Å². The minimum atomic E-state index is -4.87. The number of alkyl halides is 3. The number of nitrogens with one attached hydrogen (secondary N) is 2. The number of benzene rings is 2. The SMILES string of the molecule is Nc1cc(Cl)cc(Cl)c1S(=O)(=O)NC(Cn1cc(C2CCNCC2)c2ccccc21)C(F)(F)F. The van der Waals surface area contributed by atoms with Crippen molar-refractivity contribution < 1.29 is 21.6 Å². The molecule has 184 valence electrons. The number of fused-ring (bicyclic) bond motifs is 1. The molecule has 1 unspecified atom stereocenters. The Kier molecular flexibility index (Phi) is 7.08. The number of nitrogens with two attached hydrogens (primary N) is 1. The number of piperidine rings is 1. The summed E-state index contributed by atoms with van der Waals surface area (Å²) in [4.78, 5) is -0.638. The van der Waals surface area contributed by atoms with Gasteiger partial charge in [-0.1, -0.05) is 41.4 Å². The Balaban J connectivity index is 1.71. The fourth-order valence-corrected chi connectivity index (χ4v) is 6.60. The van der Waals surface area contributed by atoms with Crippen molar-refractivity contribution in [3.8, 4) is 0 Å². The van der Waals surface area contributed by atoms with Crippen molar-refractivity contribution in [1.29, 1.82) is 0 Å². The maximum atomic E-state index is 14.0. The summed E-state index contributed by atoms with van der Waals surface area (Å²) in [5, 5.41) is 3.85. The van der Waals surface area contributed by atoms with Crippen molar-refractivity contribution in [3.63, 3.8) is 0 Å². The number of para-hydroxylation sites is 1. The highest BCUT2D eigenvalue weighted by atomic mass is 35.5. The molecule has 0 bridgehead atoms. The van der Waals surface area contributed by atoms with Crippen LogP contribution in [0.25, 0.3) is 10.9 Å². The van der Waals surface area contributed by atoms with E-state index in [4.69, 9.17) is 28.9 Å². The van der Waals surface area contributed by atoms with E-state index in [1.165, 1.54) is 4.57 Å². The molecular formula is C22H23Cl2F3N4O2S. The lowest BCUT2D eigenvalue weighted by Crippen LogP contribution is -2.48. The van der Waals surface area contributed by atoms with Crippen LogP contribution in [0.15, 0.2) is 47.5 Å². The molecule has 1 aliphatic heterocycles. The summed E-state index contributed by atoms with van der Waals surface area (Å²) >= 11 is 11.8. The average molecular weight is 535 g/mol. The third-order valence-electron chi connectivity index (χ3n) is 5.98. The number of nitrogen functional groups attached to an aromatic ring is 1. The molecule has 4 N–H and O–H groups in total. The van der Waals surface area contributed by atoms with E-state index in [1.807, 2.05) is 12.1 Å². The molecule has 1 aromatic heterocycles. The van der Waals surface area contributed by atoms with Gasteiger partial charge in [0.2, 0.25) is 10.0 Å². The van der Waals surface area contributed by atoms with Crippen LogP contribution in [0.5, 0.6) is 0 Å². The topological polar surface area (TPSA) is 89.2 Å². The van der Waals surface area contributed by atoms with Gasteiger partial charge in [-0.15, -0.1) is 0 Å². The van der Waals surface area contributed by atoms with E-state index in [0.717, 1.165) is 49.0 Å². The Morgan fingerprint density at radius 3 is 2.50 bits per heavy atom. The lowest BCUT2D eigenvalue weighted by atomic mass is 9.90. The van der Waals surface area contributed by atoms with Gasteiger partial charge in [0.15, 0.2) is 0 Å². The van der Waals surface area contributed by atoms with E-state index in [9.17, 15) is 21.6 Å². The molecular weight excluding hydrogens is 512 g/mol. The highest BCUT2D eigenvalue weighted by Crippen LogP contribution is 2.35. The normalized spacial score (nSPS) is 16.7. The number of hydrogen-bond acceptors (Lipinski definition) is 4. The van der Waals surface area contributed by atoms with E-state index in [1.54, 1.807) is 23.1 Å². The molecule has 1 saturated heterocycles. The Morgan fingerprint density at radius 1 is 1.18 bits per heavy atom. The first-order valence-electron chi connectivity index (χ1n) is 10.6. The largest absolute Gasteiger partial charge is 0.406 e. The maximum Gasteiger partial charge on any atom is 0.406 e. The van der Waals surface area contributed by atoms with Crippen molar-refractivity contribution in [3.05, 3.63) is 58.2 Å². The molecule has 0 amide bonds. The van der Waals surface area contributed by atoms with E-state index >= 15 is 0 Å². The van der Waals surface area contributed by atoms with Gasteiger partial charge in [-0.2, -0.15) is 17.9 Å². The van der Waals surface area contributed by atoms with Crippen LogP contribution in [0.4, 0.5) is 18.9 Å². The van der Waals surface area contributed by atoms with Crippen LogP contribution in [0.3, 0.4) is 0 Å². The minimum absolute atomic E-state index is 0.0677. The molecule has 4 rings (SSSR count). The van der Waals surface area contributed by atoms with Crippen LogP contribution in [0.1, 0.15) is 24.3 Å². The van der Waals surface area contributed by atoms with Gasteiger partial charge in [-0.05, 0) is 55.6 Å². The van der Waals surface area contributed by atoms with E-state index < -0.39 is 33.7 Å². The monoisotopic (exact) mass is 534 g/mol. The third-order valence-corrected chi connectivity index (χ3v) is 8.19. The summed E-state index contributed by atoms with van der Waals surface area (Å²) in [6.45, 7) is 1.01. The van der Waals surface area contributed by atoms with Gasteiger partial charge in [0.25, 0.3) is 0 Å². The zero-order chi connectivity index (χ0) is 24.7. The van der Waals surface area contributed by atoms with Crippen molar-refractivity contribution in [1.82, 2.24) is 14.6 Å². The first-order chi connectivity index (χ1) is 16.0. The Bertz CT molecular complexity index is 1280. The molecule has 0 radical (unpaired) electrons. The molecule has 2 heterocycles. The van der Waals surface area contributed by atoms with Gasteiger partial charge in [-0.3, -0.25) is 0 Å².